The van der Waals surface area contributed by atoms with Gasteiger partial charge in [0.25, 0.3) is 0 Å². The molecule has 0 heterocycles. The molecule has 0 radical (unpaired) electrons. The van der Waals surface area contributed by atoms with Crippen molar-refractivity contribution in [3.05, 3.63) is 0 Å². The summed E-state index contributed by atoms with van der Waals surface area (Å²) < 4.78 is 15.4. The van der Waals surface area contributed by atoms with Gasteiger partial charge in [-0.2, -0.15) is 0 Å². The van der Waals surface area contributed by atoms with Crippen LogP contribution in [0.25, 0.3) is 0 Å². The summed E-state index contributed by atoms with van der Waals surface area (Å²) in [6.45, 7) is 7.73. The second-order valence-electron chi connectivity index (χ2n) is 4.59. The van der Waals surface area contributed by atoms with E-state index in [2.05, 4.69) is 5.32 Å². The normalized spacial score (nSPS) is 16.1. The molecule has 5 heteroatoms. The van der Waals surface area contributed by atoms with Gasteiger partial charge in [-0.15, -0.1) is 0 Å². The molecule has 0 spiro atoms. The molecule has 0 aromatic heterocycles. The Kier molecular flexibility index (Phi) is 8.97. The minimum Gasteiger partial charge on any atom is -0.468 e. The summed E-state index contributed by atoms with van der Waals surface area (Å²) in [5.74, 6) is -0.228. The van der Waals surface area contributed by atoms with Crippen LogP contribution >= 0.6 is 0 Å². The first-order chi connectivity index (χ1) is 8.50. The van der Waals surface area contributed by atoms with Crippen molar-refractivity contribution < 1.29 is 19.0 Å². The minimum atomic E-state index is -0.628. The van der Waals surface area contributed by atoms with Crippen LogP contribution in [0.1, 0.15) is 33.6 Å². The van der Waals surface area contributed by atoms with Gasteiger partial charge in [0.05, 0.1) is 19.8 Å². The van der Waals surface area contributed by atoms with Crippen molar-refractivity contribution in [3.8, 4) is 0 Å². The number of ether oxygens (including phenoxy) is 3. The number of methoxy groups -OCH3 is 2. The van der Waals surface area contributed by atoms with Crippen LogP contribution in [-0.2, 0) is 19.0 Å². The molecule has 0 bridgehead atoms. The van der Waals surface area contributed by atoms with Crippen LogP contribution in [-0.4, -0.2) is 51.6 Å². The molecule has 0 saturated heterocycles. The van der Waals surface area contributed by atoms with Crippen molar-refractivity contribution in [2.45, 2.75) is 45.3 Å². The van der Waals surface area contributed by atoms with Crippen LogP contribution in [0, 0.1) is 0 Å². The van der Waals surface area contributed by atoms with Gasteiger partial charge >= 0.3 is 5.97 Å². The molecule has 18 heavy (non-hydrogen) atoms. The molecule has 5 nitrogen and oxygen atoms in total. The summed E-state index contributed by atoms with van der Waals surface area (Å²) in [6.07, 6.45) is 1.57. The number of esters is 1. The van der Waals surface area contributed by atoms with Gasteiger partial charge in [-0.05, 0) is 33.2 Å². The molecule has 0 aromatic carbocycles. The number of rotatable bonds is 10. The van der Waals surface area contributed by atoms with Crippen LogP contribution in [0.3, 0.4) is 0 Å². The lowest BCUT2D eigenvalue weighted by Gasteiger charge is -2.27. The molecule has 0 aromatic rings. The topological polar surface area (TPSA) is 56.8 Å². The van der Waals surface area contributed by atoms with E-state index in [1.54, 1.807) is 7.11 Å². The maximum absolute atomic E-state index is 11.7. The van der Waals surface area contributed by atoms with Crippen LogP contribution in [0.15, 0.2) is 0 Å². The fourth-order valence-corrected chi connectivity index (χ4v) is 1.87. The van der Waals surface area contributed by atoms with E-state index in [1.165, 1.54) is 7.11 Å². The number of nitrogens with one attached hydrogen (secondary N) is 1. The zero-order valence-corrected chi connectivity index (χ0v) is 12.2. The van der Waals surface area contributed by atoms with E-state index in [1.807, 2.05) is 20.8 Å². The largest absolute Gasteiger partial charge is 0.468 e. The van der Waals surface area contributed by atoms with E-state index in [4.69, 9.17) is 14.2 Å². The first-order valence-electron chi connectivity index (χ1n) is 6.44. The van der Waals surface area contributed by atoms with E-state index in [-0.39, 0.29) is 12.1 Å². The Balaban J connectivity index is 4.01. The molecule has 1 N–H and O–H groups in total. The van der Waals surface area contributed by atoms with Gasteiger partial charge in [0.1, 0.15) is 5.54 Å². The average molecular weight is 261 g/mol. The Hall–Kier alpha value is -0.650. The van der Waals surface area contributed by atoms with Gasteiger partial charge in [0, 0.05) is 13.7 Å². The lowest BCUT2D eigenvalue weighted by atomic mass is 9.96. The Labute approximate surface area is 110 Å². The lowest BCUT2D eigenvalue weighted by molar-refractivity contribution is -0.148. The van der Waals surface area contributed by atoms with Crippen molar-refractivity contribution >= 4 is 5.97 Å². The van der Waals surface area contributed by atoms with E-state index in [9.17, 15) is 4.79 Å². The number of hydrogen-bond acceptors (Lipinski definition) is 5. The molecule has 0 amide bonds. The maximum atomic E-state index is 11.7. The van der Waals surface area contributed by atoms with Gasteiger partial charge < -0.3 is 19.5 Å². The van der Waals surface area contributed by atoms with Crippen LogP contribution in [0.2, 0.25) is 0 Å². The number of hydrogen-bond donors (Lipinski definition) is 1. The summed E-state index contributed by atoms with van der Waals surface area (Å²) >= 11 is 0. The quantitative estimate of drug-likeness (QED) is 0.475. The average Bonchev–Trinajstić information content (AvgIpc) is 2.34. The van der Waals surface area contributed by atoms with E-state index in [0.29, 0.717) is 19.6 Å². The van der Waals surface area contributed by atoms with Crippen molar-refractivity contribution in [2.75, 3.05) is 34.0 Å². The van der Waals surface area contributed by atoms with Crippen LogP contribution < -0.4 is 5.32 Å². The second-order valence-corrected chi connectivity index (χ2v) is 4.59. The van der Waals surface area contributed by atoms with Gasteiger partial charge in [-0.3, -0.25) is 4.79 Å². The smallest absolute Gasteiger partial charge is 0.325 e. The minimum absolute atomic E-state index is 0.0820. The molecule has 0 fully saturated rings. The summed E-state index contributed by atoms with van der Waals surface area (Å²) in [6, 6.07) is 0. The molecule has 108 valence electrons. The Bertz CT molecular complexity index is 235. The molecular formula is C13H27NO4. The van der Waals surface area contributed by atoms with Gasteiger partial charge in [0.2, 0.25) is 0 Å². The summed E-state index contributed by atoms with van der Waals surface area (Å²) in [5.41, 5.74) is -0.628. The van der Waals surface area contributed by atoms with Gasteiger partial charge in [-0.1, -0.05) is 6.92 Å². The molecular weight excluding hydrogens is 234 g/mol. The highest BCUT2D eigenvalue weighted by molar-refractivity contribution is 5.80. The molecule has 0 rings (SSSR count). The predicted octanol–water partition coefficient (Wildman–Crippen LogP) is 1.36. The molecule has 2 atom stereocenters. The van der Waals surface area contributed by atoms with Gasteiger partial charge in [-0.25, -0.2) is 0 Å². The van der Waals surface area contributed by atoms with Crippen LogP contribution in [0.4, 0.5) is 0 Å². The zero-order valence-electron chi connectivity index (χ0n) is 12.2. The highest BCUT2D eigenvalue weighted by Crippen LogP contribution is 2.14. The monoisotopic (exact) mass is 261 g/mol. The molecule has 0 aliphatic carbocycles. The first-order valence-corrected chi connectivity index (χ1v) is 6.44. The summed E-state index contributed by atoms with van der Waals surface area (Å²) in [4.78, 5) is 11.7. The number of likely N-dealkylation sites (N-methyl/N-ethyl adjacent to an activating group) is 1. The fraction of sp³-hybridized carbons (Fsp3) is 0.923. The third-order valence-electron chi connectivity index (χ3n) is 2.83. The SMILES string of the molecule is CCNC(C)(CCCOC(C)COC)C(=O)OC. The third kappa shape index (κ3) is 6.33. The Morgan fingerprint density at radius 2 is 2.06 bits per heavy atom. The fourth-order valence-electron chi connectivity index (χ4n) is 1.87. The lowest BCUT2D eigenvalue weighted by Crippen LogP contribution is -2.50. The zero-order chi connectivity index (χ0) is 14.0. The number of carbonyl (C=O) groups excluding carboxylic acids is 1. The summed E-state index contributed by atoms with van der Waals surface area (Å²) in [7, 11) is 3.06. The molecule has 0 saturated carbocycles. The van der Waals surface area contributed by atoms with Crippen molar-refractivity contribution in [1.29, 1.82) is 0 Å². The van der Waals surface area contributed by atoms with Crippen molar-refractivity contribution in [3.63, 3.8) is 0 Å². The predicted molar refractivity (Wildman–Crippen MR) is 70.6 cm³/mol. The third-order valence-corrected chi connectivity index (χ3v) is 2.83. The second kappa shape index (κ2) is 9.30. The highest BCUT2D eigenvalue weighted by Gasteiger charge is 2.32. The molecule has 0 aliphatic heterocycles. The van der Waals surface area contributed by atoms with E-state index >= 15 is 0 Å². The van der Waals surface area contributed by atoms with Crippen molar-refractivity contribution in [1.82, 2.24) is 5.32 Å². The van der Waals surface area contributed by atoms with Crippen LogP contribution in [0.5, 0.6) is 0 Å². The van der Waals surface area contributed by atoms with E-state index < -0.39 is 5.54 Å². The molecule has 0 aliphatic rings. The Morgan fingerprint density at radius 1 is 1.39 bits per heavy atom. The number of carbonyl (C=O) groups is 1. The van der Waals surface area contributed by atoms with Crippen molar-refractivity contribution in [2.24, 2.45) is 0 Å². The first kappa shape index (κ1) is 17.4. The van der Waals surface area contributed by atoms with E-state index in [0.717, 1.165) is 13.0 Å². The molecule has 2 unspecified atom stereocenters. The standard InChI is InChI=1S/C13H27NO4/c1-6-14-13(3,12(15)17-5)8-7-9-18-11(2)10-16-4/h11,14H,6-10H2,1-5H3. The Morgan fingerprint density at radius 3 is 2.56 bits per heavy atom. The maximum Gasteiger partial charge on any atom is 0.325 e. The van der Waals surface area contributed by atoms with Gasteiger partial charge in [0.15, 0.2) is 0 Å². The summed E-state index contributed by atoms with van der Waals surface area (Å²) in [5, 5.41) is 3.17. The highest BCUT2D eigenvalue weighted by atomic mass is 16.5.